The van der Waals surface area contributed by atoms with Crippen LogP contribution in [-0.2, 0) is 41.6 Å². The van der Waals surface area contributed by atoms with Crippen molar-refractivity contribution < 1.29 is 49.2 Å². The van der Waals surface area contributed by atoms with Gasteiger partial charge < -0.3 is 73.6 Å². The van der Waals surface area contributed by atoms with E-state index >= 15 is 0 Å². The van der Waals surface area contributed by atoms with Crippen molar-refractivity contribution in [3.05, 3.63) is 65.7 Å². The third kappa shape index (κ3) is 11.0. The Kier molecular flexibility index (Phi) is 13.8. The molecule has 0 spiro atoms. The number of phenols is 1. The smallest absolute Gasteiger partial charge is 0.246 e. The highest BCUT2D eigenvalue weighted by molar-refractivity contribution is 5.98. The number of nitrogens with one attached hydrogen (secondary N) is 12. The summed E-state index contributed by atoms with van der Waals surface area (Å²) in [4.78, 5) is 82.5. The molecule has 16 N–H and O–H groups in total. The van der Waals surface area contributed by atoms with E-state index in [1.54, 1.807) is 30.3 Å². The number of phenolic OH excluding ortho intramolecular Hbond substituents is 1. The molecule has 3 aliphatic rings. The quantitative estimate of drug-likeness (QED) is 0.112. The van der Waals surface area contributed by atoms with Crippen molar-refractivity contribution in [2.24, 2.45) is 0 Å². The topological polar surface area (TPSA) is 351 Å². The predicted molar refractivity (Wildman–Crippen MR) is 199 cm³/mol. The molecule has 2 aromatic carbocycles. The van der Waals surface area contributed by atoms with Crippen LogP contribution < -0.4 is 53.2 Å². The summed E-state index contributed by atoms with van der Waals surface area (Å²) >= 11 is 0. The van der Waals surface area contributed by atoms with Crippen molar-refractivity contribution in [1.82, 2.24) is 53.2 Å². The Morgan fingerprint density at radius 3 is 1.56 bits per heavy atom. The number of rotatable bonds is 9. The van der Waals surface area contributed by atoms with Gasteiger partial charge in [0.15, 0.2) is 11.9 Å². The molecule has 57 heavy (non-hydrogen) atoms. The van der Waals surface area contributed by atoms with Gasteiger partial charge in [-0.2, -0.15) is 0 Å². The average Bonchev–Trinajstić information content (AvgIpc) is 3.84. The minimum atomic E-state index is -1.95. The first kappa shape index (κ1) is 41.6. The summed E-state index contributed by atoms with van der Waals surface area (Å²) in [6.45, 7) is -1.86. The monoisotopic (exact) mass is 794 g/mol. The molecule has 0 bridgehead atoms. The average molecular weight is 795 g/mol. The van der Waals surface area contributed by atoms with E-state index in [2.05, 4.69) is 53.2 Å². The van der Waals surface area contributed by atoms with Gasteiger partial charge >= 0.3 is 0 Å². The van der Waals surface area contributed by atoms with Gasteiger partial charge in [0.25, 0.3) is 0 Å². The van der Waals surface area contributed by atoms with E-state index in [1.165, 1.54) is 24.3 Å². The van der Waals surface area contributed by atoms with Gasteiger partial charge in [0, 0.05) is 25.9 Å². The predicted octanol–water partition coefficient (Wildman–Crippen LogP) is -6.56. The van der Waals surface area contributed by atoms with Crippen LogP contribution in [0.5, 0.6) is 5.75 Å². The van der Waals surface area contributed by atoms with E-state index in [1.807, 2.05) is 0 Å². The molecule has 3 saturated heterocycles. The van der Waals surface area contributed by atoms with E-state index in [0.717, 1.165) is 0 Å². The first-order valence-electron chi connectivity index (χ1n) is 18.0. The number of aliphatic hydroxyl groups is 3. The standard InChI is InChI=1S/C35H46N12O10/c36-34-39-12-21(44-34)27(51)25-32(56)43-23(15-48)29(53)38-14-24(50)41-19(10-16-4-2-1-3-5-16)30(54)42-20(11-17-6-8-18(49)9-7-17)31(55)46-26(33(57)47-25)28(52)22-13-40-35(37)45-22/h1-9,19-23,25-28,48-49,51-52H,10-15H2,(H,38,53)(H,41,50)(H,42,54)(H,43,56)(H,46,55)(H,47,57)(H3,36,39,44)(H3,37,40,45). The number of carbonyl (C=O) groups is 6. The molecule has 2 aromatic rings. The van der Waals surface area contributed by atoms with Gasteiger partial charge in [0.05, 0.1) is 25.2 Å². The molecule has 22 heteroatoms. The molecule has 9 unspecified atom stereocenters. The lowest BCUT2D eigenvalue weighted by Crippen LogP contribution is -2.67. The summed E-state index contributed by atoms with van der Waals surface area (Å²) in [5, 5.41) is 83.4. The molecule has 9 atom stereocenters. The van der Waals surface area contributed by atoms with Crippen molar-refractivity contribution in [1.29, 1.82) is 10.8 Å². The van der Waals surface area contributed by atoms with Gasteiger partial charge in [0.2, 0.25) is 35.4 Å². The summed E-state index contributed by atoms with van der Waals surface area (Å²) in [6, 6.07) is 3.72. The first-order valence-corrected chi connectivity index (χ1v) is 18.0. The molecule has 6 amide bonds. The van der Waals surface area contributed by atoms with Crippen LogP contribution in [0, 0.1) is 10.8 Å². The van der Waals surface area contributed by atoms with Crippen LogP contribution in [-0.4, -0.2) is 149 Å². The maximum absolute atomic E-state index is 14.3. The summed E-state index contributed by atoms with van der Waals surface area (Å²) in [5.41, 5.74) is 1.06. The first-order chi connectivity index (χ1) is 27.2. The molecular formula is C35H46N12O10. The fourth-order valence-electron chi connectivity index (χ4n) is 6.38. The zero-order valence-electron chi connectivity index (χ0n) is 30.4. The molecule has 0 aromatic heterocycles. The van der Waals surface area contributed by atoms with Gasteiger partial charge in [-0.15, -0.1) is 0 Å². The van der Waals surface area contributed by atoms with Crippen molar-refractivity contribution in [3.63, 3.8) is 0 Å². The Bertz CT molecular complexity index is 1830. The van der Waals surface area contributed by atoms with Gasteiger partial charge in [-0.25, -0.2) is 0 Å². The summed E-state index contributed by atoms with van der Waals surface area (Å²) in [6.07, 6.45) is -3.93. The van der Waals surface area contributed by atoms with Crippen molar-refractivity contribution >= 4 is 47.4 Å². The number of guanidine groups is 2. The van der Waals surface area contributed by atoms with E-state index in [0.29, 0.717) is 11.1 Å². The number of aromatic hydroxyl groups is 1. The minimum absolute atomic E-state index is 0.0696. The second-order valence-corrected chi connectivity index (χ2v) is 13.7. The van der Waals surface area contributed by atoms with Crippen LogP contribution in [0.3, 0.4) is 0 Å². The van der Waals surface area contributed by atoms with Gasteiger partial charge in [-0.1, -0.05) is 42.5 Å². The number of amides is 6. The third-order valence-corrected chi connectivity index (χ3v) is 9.51. The minimum Gasteiger partial charge on any atom is -0.508 e. The van der Waals surface area contributed by atoms with E-state index in [-0.39, 0.29) is 43.6 Å². The molecule has 22 nitrogen and oxygen atoms in total. The fourth-order valence-corrected chi connectivity index (χ4v) is 6.38. The fraction of sp³-hybridized carbons (Fsp3) is 0.429. The van der Waals surface area contributed by atoms with E-state index in [9.17, 15) is 49.2 Å². The second-order valence-electron chi connectivity index (χ2n) is 13.7. The van der Waals surface area contributed by atoms with Crippen molar-refractivity contribution in [2.45, 2.75) is 67.3 Å². The van der Waals surface area contributed by atoms with Crippen molar-refractivity contribution in [2.75, 3.05) is 26.2 Å². The largest absolute Gasteiger partial charge is 0.508 e. The summed E-state index contributed by atoms with van der Waals surface area (Å²) in [7, 11) is 0. The zero-order valence-corrected chi connectivity index (χ0v) is 30.4. The molecule has 0 saturated carbocycles. The lowest BCUT2D eigenvalue weighted by atomic mass is 9.98. The Morgan fingerprint density at radius 2 is 1.04 bits per heavy atom. The maximum atomic E-state index is 14.3. The molecule has 306 valence electrons. The number of benzene rings is 2. The van der Waals surface area contributed by atoms with Crippen LogP contribution in [0.15, 0.2) is 54.6 Å². The van der Waals surface area contributed by atoms with Gasteiger partial charge in [-0.3, -0.25) is 39.6 Å². The number of hydrogen-bond acceptors (Lipinski definition) is 12. The Balaban J connectivity index is 1.54. The van der Waals surface area contributed by atoms with Crippen LogP contribution in [0.4, 0.5) is 0 Å². The number of carbonyl (C=O) groups excluding carboxylic acids is 6. The van der Waals surface area contributed by atoms with E-state index in [4.69, 9.17) is 10.8 Å². The van der Waals surface area contributed by atoms with Gasteiger partial charge in [0.1, 0.15) is 48.2 Å². The molecular weight excluding hydrogens is 748 g/mol. The second kappa shape index (κ2) is 18.9. The normalized spacial score (nSPS) is 27.6. The third-order valence-electron chi connectivity index (χ3n) is 9.51. The SMILES string of the molecule is N=C1NCC(C(O)C2NC(=O)C(Cc3ccc(O)cc3)NC(=O)C(Cc3ccccc3)NC(=O)CNC(=O)C(CO)NC(=O)C(C(O)C3CNC(=N)N3)NC2=O)N1. The van der Waals surface area contributed by atoms with E-state index < -0.39 is 103 Å². The molecule has 3 fully saturated rings. The van der Waals surface area contributed by atoms with Crippen LogP contribution in [0.25, 0.3) is 0 Å². The molecule has 0 aliphatic carbocycles. The van der Waals surface area contributed by atoms with Crippen molar-refractivity contribution in [3.8, 4) is 5.75 Å². The van der Waals surface area contributed by atoms with Crippen LogP contribution in [0.2, 0.25) is 0 Å². The number of aliphatic hydroxyl groups excluding tert-OH is 3. The zero-order chi connectivity index (χ0) is 41.2. The van der Waals surface area contributed by atoms with Crippen LogP contribution in [0.1, 0.15) is 11.1 Å². The molecule has 3 aliphatic heterocycles. The summed E-state index contributed by atoms with van der Waals surface area (Å²) < 4.78 is 0. The highest BCUT2D eigenvalue weighted by atomic mass is 16.3. The van der Waals surface area contributed by atoms with Gasteiger partial charge in [-0.05, 0) is 23.3 Å². The highest BCUT2D eigenvalue weighted by Gasteiger charge is 2.43. The summed E-state index contributed by atoms with van der Waals surface area (Å²) in [5.74, 6) is -6.63. The Labute approximate surface area is 325 Å². The Morgan fingerprint density at radius 1 is 0.561 bits per heavy atom. The van der Waals surface area contributed by atoms with Crippen LogP contribution >= 0.6 is 0 Å². The maximum Gasteiger partial charge on any atom is 0.246 e. The number of hydrogen-bond donors (Lipinski definition) is 16. The molecule has 3 heterocycles. The lowest BCUT2D eigenvalue weighted by molar-refractivity contribution is -0.139. The Hall–Kier alpha value is -6.52. The lowest BCUT2D eigenvalue weighted by Gasteiger charge is -2.33. The highest BCUT2D eigenvalue weighted by Crippen LogP contribution is 2.14. The molecule has 5 rings (SSSR count). The molecule has 0 radical (unpaired) electrons.